The van der Waals surface area contributed by atoms with Crippen molar-refractivity contribution in [1.82, 2.24) is 20.6 Å². The molecule has 2 aliphatic heterocycles. The topological polar surface area (TPSA) is 44.0 Å². The zero-order valence-corrected chi connectivity index (χ0v) is 13.5. The number of benzene rings is 1. The van der Waals surface area contributed by atoms with Gasteiger partial charge in [0.25, 0.3) is 6.43 Å². The molecule has 3 heterocycles. The Morgan fingerprint density at radius 1 is 1.19 bits per heavy atom. The molecule has 0 saturated carbocycles. The Morgan fingerprint density at radius 2 is 1.96 bits per heavy atom. The number of aromatic nitrogens is 2. The molecule has 0 fully saturated rings. The van der Waals surface area contributed by atoms with Gasteiger partial charge in [-0.3, -0.25) is 10.1 Å². The molecule has 0 saturated heterocycles. The largest absolute Gasteiger partial charge is 0.409 e. The van der Waals surface area contributed by atoms with Gasteiger partial charge in [-0.25, -0.2) is 14.2 Å². The molecule has 2 N–H and O–H groups in total. The van der Waals surface area contributed by atoms with Crippen LogP contribution in [0.4, 0.5) is 22.0 Å². The molecule has 2 aliphatic rings. The highest BCUT2D eigenvalue weighted by atomic mass is 35.5. The number of allylic oxidation sites excluding steroid dienone is 3. The first kappa shape index (κ1) is 17.0. The Labute approximate surface area is 148 Å². The van der Waals surface area contributed by atoms with Crippen LogP contribution in [0.3, 0.4) is 0 Å². The van der Waals surface area contributed by atoms with Crippen molar-refractivity contribution in [3.63, 3.8) is 0 Å². The highest BCUT2D eigenvalue weighted by Crippen LogP contribution is 2.40. The normalized spacial score (nSPS) is 20.3. The van der Waals surface area contributed by atoms with Crippen molar-refractivity contribution in [2.24, 2.45) is 0 Å². The van der Waals surface area contributed by atoms with Gasteiger partial charge < -0.3 is 0 Å². The number of H-pyrrole nitrogens is 1. The third kappa shape index (κ3) is 2.67. The number of halogens is 6. The zero-order chi connectivity index (χ0) is 18.6. The highest BCUT2D eigenvalue weighted by molar-refractivity contribution is 6.35. The van der Waals surface area contributed by atoms with Gasteiger partial charge in [0, 0.05) is 16.5 Å². The molecule has 0 aliphatic carbocycles. The second kappa shape index (κ2) is 5.82. The number of nitrogens with zero attached hydrogens (tertiary/aromatic N) is 2. The fourth-order valence-electron chi connectivity index (χ4n) is 2.99. The van der Waals surface area contributed by atoms with Crippen molar-refractivity contribution in [2.45, 2.75) is 18.6 Å². The van der Waals surface area contributed by atoms with E-state index in [9.17, 15) is 22.0 Å². The van der Waals surface area contributed by atoms with E-state index in [-0.39, 0.29) is 22.0 Å². The summed E-state index contributed by atoms with van der Waals surface area (Å²) in [6.07, 6.45) is -2.69. The molecule has 1 unspecified atom stereocenters. The minimum absolute atomic E-state index is 0.0782. The van der Waals surface area contributed by atoms with Crippen molar-refractivity contribution < 1.29 is 22.0 Å². The van der Waals surface area contributed by atoms with E-state index in [0.717, 1.165) is 17.2 Å². The monoisotopic (exact) mass is 388 g/mol. The predicted octanol–water partition coefficient (Wildman–Crippen LogP) is 4.40. The summed E-state index contributed by atoms with van der Waals surface area (Å²) in [7, 11) is 0. The molecule has 2 aromatic rings. The van der Waals surface area contributed by atoms with E-state index in [1.165, 1.54) is 18.3 Å². The number of nitrogens with one attached hydrogen (secondary N) is 2. The van der Waals surface area contributed by atoms with Gasteiger partial charge in [-0.05, 0) is 30.4 Å². The molecule has 26 heavy (non-hydrogen) atoms. The van der Waals surface area contributed by atoms with Gasteiger partial charge in [-0.2, -0.15) is 18.3 Å². The van der Waals surface area contributed by atoms with E-state index in [2.05, 4.69) is 15.6 Å². The number of hydrogen-bond donors (Lipinski definition) is 2. The number of fused-ring (bicyclic) bond motifs is 2. The molecule has 1 aromatic carbocycles. The molecule has 1 aromatic heterocycles. The fraction of sp³-hybridized carbons (Fsp3) is 0.188. The van der Waals surface area contributed by atoms with Gasteiger partial charge in [0.1, 0.15) is 6.04 Å². The van der Waals surface area contributed by atoms with Gasteiger partial charge in [0.15, 0.2) is 0 Å². The van der Waals surface area contributed by atoms with E-state index >= 15 is 0 Å². The summed E-state index contributed by atoms with van der Waals surface area (Å²) in [5.41, 5.74) is 2.65. The fourth-order valence-corrected chi connectivity index (χ4v) is 3.26. The van der Waals surface area contributed by atoms with Crippen molar-refractivity contribution in [3.05, 3.63) is 58.4 Å². The molecular formula is C16H10ClF5N4. The van der Waals surface area contributed by atoms with Crippen LogP contribution in [0.1, 0.15) is 5.56 Å². The molecule has 0 amide bonds. The van der Waals surface area contributed by atoms with Crippen molar-refractivity contribution in [2.75, 3.05) is 0 Å². The van der Waals surface area contributed by atoms with Crippen molar-refractivity contribution in [3.8, 4) is 0 Å². The second-order valence-corrected chi connectivity index (χ2v) is 6.21. The minimum atomic E-state index is -4.56. The number of aromatic amines is 1. The summed E-state index contributed by atoms with van der Waals surface area (Å²) in [4.78, 5) is 0. The number of hydrazine groups is 1. The third-order valence-corrected chi connectivity index (χ3v) is 4.45. The summed E-state index contributed by atoms with van der Waals surface area (Å²) >= 11 is 6.16. The predicted molar refractivity (Wildman–Crippen MR) is 86.1 cm³/mol. The summed E-state index contributed by atoms with van der Waals surface area (Å²) in [5.74, 6) is 0. The summed E-state index contributed by atoms with van der Waals surface area (Å²) in [5, 5.41) is 8.32. The van der Waals surface area contributed by atoms with Crippen LogP contribution in [0.2, 0.25) is 5.02 Å². The highest BCUT2D eigenvalue weighted by Gasteiger charge is 2.44. The zero-order valence-electron chi connectivity index (χ0n) is 12.8. The van der Waals surface area contributed by atoms with Gasteiger partial charge in [-0.15, -0.1) is 0 Å². The number of alkyl halides is 5. The molecule has 4 nitrogen and oxygen atoms in total. The van der Waals surface area contributed by atoms with E-state index in [1.807, 2.05) is 0 Å². The van der Waals surface area contributed by atoms with Crippen LogP contribution in [0.5, 0.6) is 0 Å². The Bertz CT molecular complexity index is 973. The van der Waals surface area contributed by atoms with Crippen LogP contribution in [-0.2, 0) is 0 Å². The van der Waals surface area contributed by atoms with Gasteiger partial charge in [0.2, 0.25) is 0 Å². The Morgan fingerprint density at radius 3 is 2.65 bits per heavy atom. The lowest BCUT2D eigenvalue weighted by Crippen LogP contribution is -2.44. The number of hydrogen-bond acceptors (Lipinski definition) is 3. The first-order valence-electron chi connectivity index (χ1n) is 7.44. The maximum atomic E-state index is 13.5. The lowest BCUT2D eigenvalue weighted by atomic mass is 10.0. The number of rotatable bonds is 2. The maximum absolute atomic E-state index is 13.5. The first-order chi connectivity index (χ1) is 12.3. The lowest BCUT2D eigenvalue weighted by molar-refractivity contribution is -0.147. The van der Waals surface area contributed by atoms with E-state index in [1.54, 1.807) is 6.07 Å². The molecular weight excluding hydrogens is 379 g/mol. The SMILES string of the molecule is FC(F)C1=C(c2cc(Cl)c3[nH]ncc3c2)N2NC(C(F)(F)F)C=C2C=C1. The van der Waals surface area contributed by atoms with Crippen LogP contribution in [-0.4, -0.2) is 33.8 Å². The third-order valence-electron chi connectivity index (χ3n) is 4.16. The first-order valence-corrected chi connectivity index (χ1v) is 7.82. The van der Waals surface area contributed by atoms with Gasteiger partial charge >= 0.3 is 6.18 Å². The van der Waals surface area contributed by atoms with Crippen LogP contribution in [0.15, 0.2) is 47.8 Å². The smallest absolute Gasteiger partial charge is 0.276 e. The quantitative estimate of drug-likeness (QED) is 0.750. The molecule has 0 radical (unpaired) electrons. The molecule has 4 rings (SSSR count). The van der Waals surface area contributed by atoms with E-state index in [0.29, 0.717) is 10.9 Å². The van der Waals surface area contributed by atoms with E-state index < -0.39 is 24.2 Å². The molecule has 0 bridgehead atoms. The van der Waals surface area contributed by atoms with Crippen molar-refractivity contribution >= 4 is 28.2 Å². The van der Waals surface area contributed by atoms with Crippen LogP contribution >= 0.6 is 11.6 Å². The van der Waals surface area contributed by atoms with E-state index in [4.69, 9.17) is 11.6 Å². The summed E-state index contributed by atoms with van der Waals surface area (Å²) < 4.78 is 66.3. The minimum Gasteiger partial charge on any atom is -0.276 e. The van der Waals surface area contributed by atoms with Crippen LogP contribution in [0.25, 0.3) is 16.6 Å². The molecule has 0 spiro atoms. The average Bonchev–Trinajstić information content (AvgIpc) is 3.19. The lowest BCUT2D eigenvalue weighted by Gasteiger charge is -2.30. The standard InChI is InChI=1S/C16H10ClF5N4/c17-11-4-7(3-8-6-23-24-13(8)11)14-10(15(18)19)2-1-9-5-12(16(20,21)22)25-26(9)14/h1-6,12,15,25H,(H,23,24). The molecule has 10 heteroatoms. The maximum Gasteiger partial charge on any atom is 0.409 e. The summed E-state index contributed by atoms with van der Waals surface area (Å²) in [6, 6.07) is 0.989. The molecule has 1 atom stereocenters. The molecule has 136 valence electrons. The summed E-state index contributed by atoms with van der Waals surface area (Å²) in [6.45, 7) is 0. The Kier molecular flexibility index (Phi) is 3.81. The van der Waals surface area contributed by atoms with Gasteiger partial charge in [-0.1, -0.05) is 11.6 Å². The van der Waals surface area contributed by atoms with Crippen LogP contribution in [0, 0.1) is 0 Å². The second-order valence-electron chi connectivity index (χ2n) is 5.81. The van der Waals surface area contributed by atoms with Crippen LogP contribution < -0.4 is 5.43 Å². The van der Waals surface area contributed by atoms with Gasteiger partial charge in [0.05, 0.1) is 28.1 Å². The Hall–Kier alpha value is -2.39. The van der Waals surface area contributed by atoms with Crippen molar-refractivity contribution in [1.29, 1.82) is 0 Å². The Balaban J connectivity index is 1.87. The average molecular weight is 389 g/mol.